The van der Waals surface area contributed by atoms with Crippen LogP contribution in [0.2, 0.25) is 0 Å². The van der Waals surface area contributed by atoms with Gasteiger partial charge in [0.05, 0.1) is 30.1 Å². The first-order valence-electron chi connectivity index (χ1n) is 13.0. The Morgan fingerprint density at radius 2 is 1.74 bits per heavy atom. The van der Waals surface area contributed by atoms with Crippen molar-refractivity contribution in [1.29, 1.82) is 0 Å². The number of morpholine rings is 1. The molecule has 202 valence electrons. The molecule has 4 fully saturated rings. The van der Waals surface area contributed by atoms with Gasteiger partial charge in [0, 0.05) is 26.1 Å². The second-order valence-electron chi connectivity index (χ2n) is 10.8. The summed E-state index contributed by atoms with van der Waals surface area (Å²) in [6, 6.07) is -0.674. The number of fused-ring (bicyclic) bond motifs is 1. The van der Waals surface area contributed by atoms with Gasteiger partial charge in [-0.3, -0.25) is 4.79 Å². The molecule has 3 saturated carbocycles. The number of carbonyl (C=O) groups excluding carboxylic acids is 1. The van der Waals surface area contributed by atoms with Crippen molar-refractivity contribution in [1.82, 2.24) is 9.62 Å². The van der Waals surface area contributed by atoms with Crippen molar-refractivity contribution in [2.45, 2.75) is 119 Å². The molecule has 0 aromatic heterocycles. The maximum absolute atomic E-state index is 14.1. The van der Waals surface area contributed by atoms with Crippen molar-refractivity contribution in [3.8, 4) is 0 Å². The largest absolute Gasteiger partial charge is 0.382 e. The number of ether oxygens (including phenoxy) is 2. The Morgan fingerprint density at radius 1 is 1.00 bits per heavy atom. The molecular weight excluding hydrogens is 485 g/mol. The maximum atomic E-state index is 14.1. The summed E-state index contributed by atoms with van der Waals surface area (Å²) in [6.07, 6.45) is -0.857. The first-order valence-corrected chi connectivity index (χ1v) is 14.5. The van der Waals surface area contributed by atoms with E-state index in [1.807, 2.05) is 0 Å². The molecule has 0 bridgehead atoms. The SMILES string of the molecule is COCC1CN(S(=O)(=O)C2CCC(F)C(F)C2)C2CC(NC(=O)CC3CCC(F)CC3)CCC2O1. The van der Waals surface area contributed by atoms with Crippen LogP contribution >= 0.6 is 0 Å². The van der Waals surface area contributed by atoms with Crippen molar-refractivity contribution < 1.29 is 35.9 Å². The third kappa shape index (κ3) is 6.51. The molecule has 4 rings (SSSR count). The highest BCUT2D eigenvalue weighted by Crippen LogP contribution is 2.37. The van der Waals surface area contributed by atoms with E-state index in [0.717, 1.165) is 0 Å². The molecule has 35 heavy (non-hydrogen) atoms. The number of nitrogens with zero attached hydrogens (tertiary/aromatic N) is 1. The lowest BCUT2D eigenvalue weighted by Gasteiger charge is -2.49. The smallest absolute Gasteiger partial charge is 0.220 e. The third-order valence-corrected chi connectivity index (χ3v) is 10.6. The van der Waals surface area contributed by atoms with E-state index in [0.29, 0.717) is 51.4 Å². The quantitative estimate of drug-likeness (QED) is 0.553. The molecule has 3 aliphatic carbocycles. The summed E-state index contributed by atoms with van der Waals surface area (Å²) in [4.78, 5) is 12.7. The highest BCUT2D eigenvalue weighted by Gasteiger charge is 2.49. The van der Waals surface area contributed by atoms with Gasteiger partial charge in [0.2, 0.25) is 15.9 Å². The summed E-state index contributed by atoms with van der Waals surface area (Å²) in [7, 11) is -2.38. The fourth-order valence-corrected chi connectivity index (χ4v) is 8.51. The van der Waals surface area contributed by atoms with Crippen molar-refractivity contribution in [3.05, 3.63) is 0 Å². The summed E-state index contributed by atoms with van der Waals surface area (Å²) >= 11 is 0. The predicted octanol–water partition coefficient (Wildman–Crippen LogP) is 3.22. The zero-order valence-corrected chi connectivity index (χ0v) is 21.2. The molecule has 1 heterocycles. The van der Waals surface area contributed by atoms with Gasteiger partial charge < -0.3 is 14.8 Å². The van der Waals surface area contributed by atoms with Crippen LogP contribution in [0.15, 0.2) is 0 Å². The highest BCUT2D eigenvalue weighted by molar-refractivity contribution is 7.89. The number of hydrogen-bond acceptors (Lipinski definition) is 5. The predicted molar refractivity (Wildman–Crippen MR) is 125 cm³/mol. The minimum Gasteiger partial charge on any atom is -0.382 e. The third-order valence-electron chi connectivity index (χ3n) is 8.24. The van der Waals surface area contributed by atoms with E-state index in [9.17, 15) is 26.4 Å². The molecule has 0 radical (unpaired) electrons. The van der Waals surface area contributed by atoms with Crippen LogP contribution in [0.5, 0.6) is 0 Å². The monoisotopic (exact) mass is 524 g/mol. The van der Waals surface area contributed by atoms with Crippen LogP contribution < -0.4 is 5.32 Å². The molecule has 1 aliphatic heterocycles. The Morgan fingerprint density at radius 3 is 2.43 bits per heavy atom. The Labute approximate surface area is 206 Å². The summed E-state index contributed by atoms with van der Waals surface area (Å²) in [5, 5.41) is 2.10. The van der Waals surface area contributed by atoms with Crippen LogP contribution in [0, 0.1) is 5.92 Å². The summed E-state index contributed by atoms with van der Waals surface area (Å²) in [5.74, 6) is 0.100. The van der Waals surface area contributed by atoms with Gasteiger partial charge in [-0.25, -0.2) is 21.6 Å². The fraction of sp³-hybridized carbons (Fsp3) is 0.958. The van der Waals surface area contributed by atoms with Crippen molar-refractivity contribution >= 4 is 15.9 Å². The Hall–Kier alpha value is -0.910. The highest BCUT2D eigenvalue weighted by atomic mass is 32.2. The van der Waals surface area contributed by atoms with Gasteiger partial charge in [0.25, 0.3) is 0 Å². The van der Waals surface area contributed by atoms with Crippen molar-refractivity contribution in [2.24, 2.45) is 5.92 Å². The number of carbonyl (C=O) groups is 1. The molecular formula is C24H39F3N2O5S. The van der Waals surface area contributed by atoms with E-state index in [4.69, 9.17) is 9.47 Å². The number of alkyl halides is 3. The van der Waals surface area contributed by atoms with Crippen LogP contribution in [0.25, 0.3) is 0 Å². The van der Waals surface area contributed by atoms with Crippen molar-refractivity contribution in [3.63, 3.8) is 0 Å². The zero-order chi connectivity index (χ0) is 25.2. The van der Waals surface area contributed by atoms with Gasteiger partial charge in [-0.15, -0.1) is 0 Å². The summed E-state index contributed by atoms with van der Waals surface area (Å²) < 4.78 is 81.3. The van der Waals surface area contributed by atoms with Crippen molar-refractivity contribution in [2.75, 3.05) is 20.3 Å². The Bertz CT molecular complexity index is 826. The molecule has 1 amide bonds. The maximum Gasteiger partial charge on any atom is 0.220 e. The van der Waals surface area contributed by atoms with E-state index < -0.39 is 45.9 Å². The minimum atomic E-state index is -3.90. The van der Waals surface area contributed by atoms with Gasteiger partial charge in [-0.1, -0.05) is 0 Å². The fourth-order valence-electron chi connectivity index (χ4n) is 6.29. The van der Waals surface area contributed by atoms with E-state index in [1.54, 1.807) is 0 Å². The molecule has 0 spiro atoms. The number of halogens is 3. The first-order chi connectivity index (χ1) is 16.7. The lowest BCUT2D eigenvalue weighted by atomic mass is 9.85. The number of methoxy groups -OCH3 is 1. The summed E-state index contributed by atoms with van der Waals surface area (Å²) in [5.41, 5.74) is 0. The number of sulfonamides is 1. The van der Waals surface area contributed by atoms with E-state index in [2.05, 4.69) is 5.32 Å². The Kier molecular flexibility index (Phi) is 9.03. The average molecular weight is 525 g/mol. The molecule has 7 atom stereocenters. The first kappa shape index (κ1) is 27.1. The Balaban J connectivity index is 1.42. The lowest BCUT2D eigenvalue weighted by molar-refractivity contribution is -0.134. The number of nitrogens with one attached hydrogen (secondary N) is 1. The number of hydrogen-bond donors (Lipinski definition) is 1. The number of rotatable bonds is 7. The molecule has 0 aromatic carbocycles. The molecule has 7 unspecified atom stereocenters. The second-order valence-corrected chi connectivity index (χ2v) is 13.0. The molecule has 1 N–H and O–H groups in total. The molecule has 4 aliphatic rings. The van der Waals surface area contributed by atoms with E-state index >= 15 is 0 Å². The second kappa shape index (κ2) is 11.6. The minimum absolute atomic E-state index is 0.0827. The molecule has 1 saturated heterocycles. The standard InChI is InChI=1S/C24H39F3N2O5S/c1-33-14-18-13-29(35(31,32)19-7-8-20(26)21(27)12-19)22-11-17(6-9-23(22)34-18)28-24(30)10-15-2-4-16(25)5-3-15/h15-23H,2-14H2,1H3,(H,28,30). The van der Waals surface area contributed by atoms with Gasteiger partial charge in [-0.05, 0) is 70.1 Å². The molecule has 11 heteroatoms. The van der Waals surface area contributed by atoms with Gasteiger partial charge in [-0.2, -0.15) is 4.31 Å². The van der Waals surface area contributed by atoms with Crippen LogP contribution in [-0.4, -0.2) is 86.9 Å². The molecule has 0 aromatic rings. The van der Waals surface area contributed by atoms with Gasteiger partial charge >= 0.3 is 0 Å². The normalized spacial score (nSPS) is 41.2. The van der Waals surface area contributed by atoms with Gasteiger partial charge in [0.15, 0.2) is 0 Å². The topological polar surface area (TPSA) is 84.9 Å². The zero-order valence-electron chi connectivity index (χ0n) is 20.4. The van der Waals surface area contributed by atoms with Crippen LogP contribution in [0.4, 0.5) is 13.2 Å². The van der Waals surface area contributed by atoms with Crippen LogP contribution in [0.3, 0.4) is 0 Å². The van der Waals surface area contributed by atoms with Crippen LogP contribution in [0.1, 0.15) is 70.6 Å². The van der Waals surface area contributed by atoms with E-state index in [1.165, 1.54) is 11.4 Å². The number of amides is 1. The lowest BCUT2D eigenvalue weighted by Crippen LogP contribution is -2.63. The summed E-state index contributed by atoms with van der Waals surface area (Å²) in [6.45, 7) is 0.330. The molecule has 7 nitrogen and oxygen atoms in total. The van der Waals surface area contributed by atoms with Crippen LogP contribution in [-0.2, 0) is 24.3 Å². The van der Waals surface area contributed by atoms with Gasteiger partial charge in [0.1, 0.15) is 18.5 Å². The average Bonchev–Trinajstić information content (AvgIpc) is 2.82. The van der Waals surface area contributed by atoms with E-state index in [-0.39, 0.29) is 56.4 Å².